The van der Waals surface area contributed by atoms with Crippen LogP contribution in [0.5, 0.6) is 0 Å². The molecule has 0 aliphatic heterocycles. The van der Waals surface area contributed by atoms with Gasteiger partial charge < -0.3 is 9.13 Å². The monoisotopic (exact) mass is 378 g/mol. The van der Waals surface area contributed by atoms with Gasteiger partial charge >= 0.3 is 0 Å². The molecule has 0 fully saturated rings. The molecular weight excluding hydrogens is 356 g/mol. The lowest BCUT2D eigenvalue weighted by Crippen LogP contribution is -2.23. The second kappa shape index (κ2) is 7.30. The van der Waals surface area contributed by atoms with Crippen molar-refractivity contribution in [1.82, 2.24) is 9.13 Å². The smallest absolute Gasteiger partial charge is 0.251 e. The number of Topliss-reactive ketones (excluding diaryl/α,β-unsaturated/α-hetero) is 1. The van der Waals surface area contributed by atoms with Crippen LogP contribution in [0.4, 0.5) is 0 Å². The Hall–Kier alpha value is -1.62. The summed E-state index contributed by atoms with van der Waals surface area (Å²) in [6, 6.07) is 5.07. The molecule has 0 bridgehead atoms. The Labute approximate surface area is 145 Å². The number of pyridine rings is 1. The molecular formula is C18H23BrN2O2. The minimum absolute atomic E-state index is 0.0332. The summed E-state index contributed by atoms with van der Waals surface area (Å²) in [7, 11) is 0. The molecule has 5 heteroatoms. The molecule has 0 atom stereocenters. The lowest BCUT2D eigenvalue weighted by atomic mass is 10.1. The van der Waals surface area contributed by atoms with Crippen LogP contribution in [0.25, 0.3) is 0 Å². The molecule has 2 aromatic rings. The van der Waals surface area contributed by atoms with E-state index in [2.05, 4.69) is 34.3 Å². The molecule has 124 valence electrons. The number of carbonyl (C=O) groups is 1. The fourth-order valence-corrected chi connectivity index (χ4v) is 3.06. The van der Waals surface area contributed by atoms with Crippen molar-refractivity contribution >= 4 is 21.7 Å². The maximum absolute atomic E-state index is 12.6. The number of hydrogen-bond acceptors (Lipinski definition) is 2. The molecule has 2 heterocycles. The van der Waals surface area contributed by atoms with Gasteiger partial charge in [-0.1, -0.05) is 13.8 Å². The van der Waals surface area contributed by atoms with Crippen LogP contribution in [0.15, 0.2) is 33.7 Å². The van der Waals surface area contributed by atoms with E-state index in [1.165, 1.54) is 10.6 Å². The van der Waals surface area contributed by atoms with Crippen LogP contribution in [0.1, 0.15) is 42.0 Å². The predicted octanol–water partition coefficient (Wildman–Crippen LogP) is 3.96. The molecule has 0 aliphatic carbocycles. The van der Waals surface area contributed by atoms with Gasteiger partial charge in [-0.05, 0) is 54.2 Å². The van der Waals surface area contributed by atoms with Crippen molar-refractivity contribution in [3.63, 3.8) is 0 Å². The van der Waals surface area contributed by atoms with E-state index in [4.69, 9.17) is 0 Å². The Morgan fingerprint density at radius 3 is 2.61 bits per heavy atom. The van der Waals surface area contributed by atoms with E-state index in [0.29, 0.717) is 11.5 Å². The minimum Gasteiger partial charge on any atom is -0.348 e. The van der Waals surface area contributed by atoms with Crippen molar-refractivity contribution in [2.45, 2.75) is 47.2 Å². The van der Waals surface area contributed by atoms with Gasteiger partial charge in [-0.25, -0.2) is 0 Å². The first-order chi connectivity index (χ1) is 10.8. The SMILES string of the molecule is Cc1cc(C(=O)Cn2cc(Br)ccc2=O)c(C)n1CCC(C)C. The number of halogens is 1. The van der Waals surface area contributed by atoms with Gasteiger partial charge in [0.25, 0.3) is 5.56 Å². The van der Waals surface area contributed by atoms with Crippen LogP contribution >= 0.6 is 15.9 Å². The number of hydrogen-bond donors (Lipinski definition) is 0. The summed E-state index contributed by atoms with van der Waals surface area (Å²) >= 11 is 3.33. The van der Waals surface area contributed by atoms with Gasteiger partial charge in [0, 0.05) is 40.2 Å². The molecule has 23 heavy (non-hydrogen) atoms. The highest BCUT2D eigenvalue weighted by Crippen LogP contribution is 2.18. The molecule has 0 aliphatic rings. The fraction of sp³-hybridized carbons (Fsp3) is 0.444. The third-order valence-corrected chi connectivity index (χ3v) is 4.53. The first-order valence-electron chi connectivity index (χ1n) is 7.85. The van der Waals surface area contributed by atoms with Gasteiger partial charge in [0.2, 0.25) is 0 Å². The van der Waals surface area contributed by atoms with E-state index < -0.39 is 0 Å². The Balaban J connectivity index is 2.24. The number of aromatic nitrogens is 2. The van der Waals surface area contributed by atoms with Crippen molar-refractivity contribution in [1.29, 1.82) is 0 Å². The van der Waals surface area contributed by atoms with Gasteiger partial charge in [-0.15, -0.1) is 0 Å². The number of ketones is 1. The normalized spacial score (nSPS) is 11.2. The molecule has 4 nitrogen and oxygen atoms in total. The Morgan fingerprint density at radius 2 is 1.96 bits per heavy atom. The minimum atomic E-state index is -0.171. The van der Waals surface area contributed by atoms with Crippen LogP contribution < -0.4 is 5.56 Å². The summed E-state index contributed by atoms with van der Waals surface area (Å²) in [4.78, 5) is 24.5. The van der Waals surface area contributed by atoms with Crippen molar-refractivity contribution in [2.75, 3.05) is 0 Å². The summed E-state index contributed by atoms with van der Waals surface area (Å²) in [5.41, 5.74) is 2.61. The molecule has 0 amide bonds. The van der Waals surface area contributed by atoms with Crippen molar-refractivity contribution < 1.29 is 4.79 Å². The third-order valence-electron chi connectivity index (χ3n) is 4.07. The molecule has 2 rings (SSSR count). The number of carbonyl (C=O) groups excluding carboxylic acids is 1. The van der Waals surface area contributed by atoms with Crippen LogP contribution in [-0.4, -0.2) is 14.9 Å². The summed E-state index contributed by atoms with van der Waals surface area (Å²) in [5, 5.41) is 0. The molecule has 0 saturated heterocycles. The summed E-state index contributed by atoms with van der Waals surface area (Å²) in [5.74, 6) is 0.588. The summed E-state index contributed by atoms with van der Waals surface area (Å²) in [6.07, 6.45) is 2.73. The standard InChI is InChI=1S/C18H23BrN2O2/c1-12(2)7-8-21-13(3)9-16(14(21)4)17(22)11-20-10-15(19)5-6-18(20)23/h5-6,9-10,12H,7-8,11H2,1-4H3. The van der Waals surface area contributed by atoms with Crippen molar-refractivity contribution in [3.05, 3.63) is 56.2 Å². The molecule has 0 N–H and O–H groups in total. The van der Waals surface area contributed by atoms with Crippen LogP contribution in [0, 0.1) is 19.8 Å². The topological polar surface area (TPSA) is 44.0 Å². The first-order valence-corrected chi connectivity index (χ1v) is 8.64. The Morgan fingerprint density at radius 1 is 1.26 bits per heavy atom. The molecule has 2 aromatic heterocycles. The third kappa shape index (κ3) is 4.22. The molecule has 0 unspecified atom stereocenters. The number of rotatable bonds is 6. The van der Waals surface area contributed by atoms with Gasteiger partial charge in [0.15, 0.2) is 5.78 Å². The second-order valence-corrected chi connectivity index (χ2v) is 7.27. The van der Waals surface area contributed by atoms with E-state index in [-0.39, 0.29) is 17.9 Å². The van der Waals surface area contributed by atoms with E-state index in [1.54, 1.807) is 12.3 Å². The van der Waals surface area contributed by atoms with E-state index in [9.17, 15) is 9.59 Å². The predicted molar refractivity (Wildman–Crippen MR) is 96.1 cm³/mol. The van der Waals surface area contributed by atoms with Crippen LogP contribution in [0.2, 0.25) is 0 Å². The zero-order chi connectivity index (χ0) is 17.1. The molecule has 0 spiro atoms. The highest BCUT2D eigenvalue weighted by molar-refractivity contribution is 9.10. The lowest BCUT2D eigenvalue weighted by molar-refractivity contribution is 0.0970. The van der Waals surface area contributed by atoms with Gasteiger partial charge in [0.1, 0.15) is 0 Å². The van der Waals surface area contributed by atoms with E-state index in [0.717, 1.165) is 28.8 Å². The highest BCUT2D eigenvalue weighted by Gasteiger charge is 2.16. The van der Waals surface area contributed by atoms with Gasteiger partial charge in [-0.2, -0.15) is 0 Å². The Kier molecular flexibility index (Phi) is 5.63. The van der Waals surface area contributed by atoms with E-state index >= 15 is 0 Å². The van der Waals surface area contributed by atoms with Gasteiger partial charge in [-0.3, -0.25) is 9.59 Å². The zero-order valence-corrected chi connectivity index (χ0v) is 15.7. The molecule has 0 saturated carbocycles. The average Bonchev–Trinajstić information content (AvgIpc) is 2.75. The number of aryl methyl sites for hydroxylation is 1. The van der Waals surface area contributed by atoms with Crippen molar-refractivity contribution in [2.24, 2.45) is 5.92 Å². The maximum atomic E-state index is 12.6. The average molecular weight is 379 g/mol. The van der Waals surface area contributed by atoms with Crippen LogP contribution in [0.3, 0.4) is 0 Å². The fourth-order valence-electron chi connectivity index (χ4n) is 2.68. The largest absolute Gasteiger partial charge is 0.348 e. The quantitative estimate of drug-likeness (QED) is 0.714. The second-order valence-electron chi connectivity index (χ2n) is 6.36. The molecule has 0 aromatic carbocycles. The van der Waals surface area contributed by atoms with Gasteiger partial charge in [0.05, 0.1) is 6.54 Å². The maximum Gasteiger partial charge on any atom is 0.251 e. The number of nitrogens with zero attached hydrogens (tertiary/aromatic N) is 2. The zero-order valence-electron chi connectivity index (χ0n) is 14.1. The molecule has 0 radical (unpaired) electrons. The summed E-state index contributed by atoms with van der Waals surface area (Å²) < 4.78 is 4.41. The summed E-state index contributed by atoms with van der Waals surface area (Å²) in [6.45, 7) is 9.37. The van der Waals surface area contributed by atoms with Crippen LogP contribution in [-0.2, 0) is 13.1 Å². The van der Waals surface area contributed by atoms with E-state index in [1.807, 2.05) is 19.9 Å². The van der Waals surface area contributed by atoms with Crippen molar-refractivity contribution in [3.8, 4) is 0 Å². The Bertz CT molecular complexity index is 772. The highest BCUT2D eigenvalue weighted by atomic mass is 79.9. The first kappa shape index (κ1) is 17.7. The lowest BCUT2D eigenvalue weighted by Gasteiger charge is -2.11.